The van der Waals surface area contributed by atoms with Gasteiger partial charge in [0.1, 0.15) is 17.2 Å². The number of nitrogens with zero attached hydrogens (tertiary/aromatic N) is 5. The van der Waals surface area contributed by atoms with Crippen LogP contribution in [0.3, 0.4) is 0 Å². The van der Waals surface area contributed by atoms with E-state index < -0.39 is 0 Å². The molecule has 2 aromatic heterocycles. The minimum Gasteiger partial charge on any atom is -0.338 e. The highest BCUT2D eigenvalue weighted by Gasteiger charge is 2.22. The Morgan fingerprint density at radius 1 is 1.29 bits per heavy atom. The van der Waals surface area contributed by atoms with Gasteiger partial charge in [0, 0.05) is 30.2 Å². The number of hydrogen-bond donors (Lipinski definition) is 0. The van der Waals surface area contributed by atoms with Crippen LogP contribution in [0.15, 0.2) is 33.7 Å². The number of carbonyl (C=O) groups is 1. The number of halogens is 1. The normalized spacial score (nSPS) is 14.4. The lowest BCUT2D eigenvalue weighted by atomic mass is 10.1. The first kappa shape index (κ1) is 18.4. The van der Waals surface area contributed by atoms with Gasteiger partial charge in [0.2, 0.25) is 5.91 Å². The number of aryl methyl sites for hydroxylation is 2. The van der Waals surface area contributed by atoms with E-state index in [9.17, 15) is 9.59 Å². The first-order valence-electron chi connectivity index (χ1n) is 8.88. The summed E-state index contributed by atoms with van der Waals surface area (Å²) in [5.41, 5.74) is 2.65. The SMILES string of the molecule is Cc1nonc1CC(=O)N1CC=C(n2c(C)nc(=O)c3cc(Cl)ccc32)CC1. The summed E-state index contributed by atoms with van der Waals surface area (Å²) in [6.07, 6.45) is 2.80. The van der Waals surface area contributed by atoms with Gasteiger partial charge in [-0.05, 0) is 38.1 Å². The molecule has 0 saturated carbocycles. The number of amides is 1. The van der Waals surface area contributed by atoms with Crippen LogP contribution >= 0.6 is 11.6 Å². The topological polar surface area (TPSA) is 94.1 Å². The summed E-state index contributed by atoms with van der Waals surface area (Å²) in [4.78, 5) is 30.7. The molecule has 8 nitrogen and oxygen atoms in total. The molecule has 1 amide bonds. The van der Waals surface area contributed by atoms with Crippen molar-refractivity contribution in [2.24, 2.45) is 0 Å². The van der Waals surface area contributed by atoms with E-state index in [-0.39, 0.29) is 17.9 Å². The van der Waals surface area contributed by atoms with Gasteiger partial charge in [0.25, 0.3) is 5.56 Å². The van der Waals surface area contributed by atoms with Crippen LogP contribution in [0.2, 0.25) is 5.02 Å². The molecule has 0 aliphatic carbocycles. The Balaban J connectivity index is 1.61. The van der Waals surface area contributed by atoms with Crippen molar-refractivity contribution >= 4 is 34.1 Å². The molecule has 4 rings (SSSR count). The van der Waals surface area contributed by atoms with Crippen molar-refractivity contribution in [3.05, 3.63) is 56.9 Å². The van der Waals surface area contributed by atoms with Crippen molar-refractivity contribution < 1.29 is 9.42 Å². The van der Waals surface area contributed by atoms with Crippen LogP contribution in [0.1, 0.15) is 23.6 Å². The minimum atomic E-state index is -0.295. The van der Waals surface area contributed by atoms with Crippen molar-refractivity contribution in [2.75, 3.05) is 13.1 Å². The molecule has 144 valence electrons. The Bertz CT molecular complexity index is 1160. The van der Waals surface area contributed by atoms with E-state index in [0.717, 1.165) is 11.2 Å². The molecule has 0 N–H and O–H groups in total. The predicted octanol–water partition coefficient (Wildman–Crippen LogP) is 2.37. The Hall–Kier alpha value is -3.00. The van der Waals surface area contributed by atoms with E-state index in [1.165, 1.54) is 0 Å². The molecule has 0 bridgehead atoms. The van der Waals surface area contributed by atoms with Gasteiger partial charge >= 0.3 is 0 Å². The highest BCUT2D eigenvalue weighted by Crippen LogP contribution is 2.24. The Labute approximate surface area is 165 Å². The number of benzene rings is 1. The van der Waals surface area contributed by atoms with Gasteiger partial charge in [0.05, 0.1) is 17.3 Å². The average Bonchev–Trinajstić information content (AvgIpc) is 3.07. The van der Waals surface area contributed by atoms with E-state index in [2.05, 4.69) is 19.9 Å². The van der Waals surface area contributed by atoms with Crippen LogP contribution in [0.4, 0.5) is 0 Å². The second kappa shape index (κ2) is 7.20. The zero-order valence-electron chi connectivity index (χ0n) is 15.5. The summed E-state index contributed by atoms with van der Waals surface area (Å²) >= 11 is 6.04. The third kappa shape index (κ3) is 3.31. The summed E-state index contributed by atoms with van der Waals surface area (Å²) in [6, 6.07) is 5.22. The fourth-order valence-corrected chi connectivity index (χ4v) is 3.59. The van der Waals surface area contributed by atoms with Crippen molar-refractivity contribution in [3.8, 4) is 0 Å². The fourth-order valence-electron chi connectivity index (χ4n) is 3.42. The van der Waals surface area contributed by atoms with E-state index in [1.807, 2.05) is 16.7 Å². The van der Waals surface area contributed by atoms with Gasteiger partial charge in [-0.1, -0.05) is 21.9 Å². The molecular weight excluding hydrogens is 382 g/mol. The van der Waals surface area contributed by atoms with Gasteiger partial charge in [0.15, 0.2) is 0 Å². The zero-order chi connectivity index (χ0) is 19.8. The molecule has 0 saturated heterocycles. The van der Waals surface area contributed by atoms with Crippen molar-refractivity contribution in [1.82, 2.24) is 24.8 Å². The summed E-state index contributed by atoms with van der Waals surface area (Å²) in [6.45, 7) is 4.60. The predicted molar refractivity (Wildman–Crippen MR) is 104 cm³/mol. The quantitative estimate of drug-likeness (QED) is 0.671. The van der Waals surface area contributed by atoms with Crippen LogP contribution in [0.5, 0.6) is 0 Å². The highest BCUT2D eigenvalue weighted by atomic mass is 35.5. The molecule has 1 aromatic carbocycles. The Morgan fingerprint density at radius 3 is 2.79 bits per heavy atom. The molecule has 28 heavy (non-hydrogen) atoms. The largest absolute Gasteiger partial charge is 0.338 e. The van der Waals surface area contributed by atoms with Crippen LogP contribution in [0, 0.1) is 13.8 Å². The first-order chi connectivity index (χ1) is 13.4. The third-order valence-corrected chi connectivity index (χ3v) is 5.14. The smallest absolute Gasteiger partial charge is 0.280 e. The number of aromatic nitrogens is 4. The second-order valence-electron chi connectivity index (χ2n) is 6.72. The lowest BCUT2D eigenvalue weighted by Gasteiger charge is -2.28. The van der Waals surface area contributed by atoms with Crippen molar-refractivity contribution in [2.45, 2.75) is 26.7 Å². The Morgan fingerprint density at radius 2 is 2.11 bits per heavy atom. The number of hydrogen-bond acceptors (Lipinski definition) is 6. The van der Waals surface area contributed by atoms with Gasteiger partial charge in [-0.15, -0.1) is 0 Å². The molecule has 3 heterocycles. The van der Waals surface area contributed by atoms with E-state index in [1.54, 1.807) is 30.9 Å². The summed E-state index contributed by atoms with van der Waals surface area (Å²) in [7, 11) is 0. The second-order valence-corrected chi connectivity index (χ2v) is 7.16. The average molecular weight is 400 g/mol. The van der Waals surface area contributed by atoms with Crippen molar-refractivity contribution in [1.29, 1.82) is 0 Å². The monoisotopic (exact) mass is 399 g/mol. The van der Waals surface area contributed by atoms with Crippen LogP contribution in [0.25, 0.3) is 16.6 Å². The van der Waals surface area contributed by atoms with Gasteiger partial charge in [-0.3, -0.25) is 9.59 Å². The van der Waals surface area contributed by atoms with Crippen LogP contribution < -0.4 is 5.56 Å². The molecule has 3 aromatic rings. The molecule has 0 radical (unpaired) electrons. The van der Waals surface area contributed by atoms with Crippen LogP contribution in [-0.4, -0.2) is 43.8 Å². The summed E-state index contributed by atoms with van der Waals surface area (Å²) < 4.78 is 6.61. The summed E-state index contributed by atoms with van der Waals surface area (Å²) in [5, 5.41) is 8.45. The number of fused-ring (bicyclic) bond motifs is 1. The molecule has 9 heteroatoms. The van der Waals surface area contributed by atoms with Gasteiger partial charge < -0.3 is 9.47 Å². The van der Waals surface area contributed by atoms with Gasteiger partial charge in [-0.25, -0.2) is 4.63 Å². The standard InChI is InChI=1S/C19H18ClN5O3/c1-11-16(23-28-22-11)10-18(26)24-7-5-14(6-8-24)25-12(2)21-19(27)15-9-13(20)3-4-17(15)25/h3-5,9H,6-8,10H2,1-2H3. The molecule has 1 aliphatic heterocycles. The lowest BCUT2D eigenvalue weighted by molar-refractivity contribution is -0.130. The maximum absolute atomic E-state index is 12.5. The molecule has 0 fully saturated rings. The zero-order valence-corrected chi connectivity index (χ0v) is 16.2. The van der Waals surface area contributed by atoms with Gasteiger partial charge in [-0.2, -0.15) is 4.98 Å². The molecule has 0 spiro atoms. The summed E-state index contributed by atoms with van der Waals surface area (Å²) in [5.74, 6) is 0.579. The molecule has 0 atom stereocenters. The molecule has 1 aliphatic rings. The molecular formula is C19H18ClN5O3. The minimum absolute atomic E-state index is 0.0273. The third-order valence-electron chi connectivity index (χ3n) is 4.91. The van der Waals surface area contributed by atoms with E-state index in [4.69, 9.17) is 11.6 Å². The fraction of sp³-hybridized carbons (Fsp3) is 0.316. The first-order valence-corrected chi connectivity index (χ1v) is 9.26. The molecule has 0 unspecified atom stereocenters. The number of carbonyl (C=O) groups excluding carboxylic acids is 1. The maximum atomic E-state index is 12.5. The Kier molecular flexibility index (Phi) is 4.72. The van der Waals surface area contributed by atoms with E-state index in [0.29, 0.717) is 47.1 Å². The lowest BCUT2D eigenvalue weighted by Crippen LogP contribution is -2.36. The van der Waals surface area contributed by atoms with Crippen LogP contribution in [-0.2, 0) is 11.2 Å². The maximum Gasteiger partial charge on any atom is 0.280 e. The highest BCUT2D eigenvalue weighted by molar-refractivity contribution is 6.31. The number of rotatable bonds is 3. The van der Waals surface area contributed by atoms with Crippen molar-refractivity contribution in [3.63, 3.8) is 0 Å². The van der Waals surface area contributed by atoms with E-state index >= 15 is 0 Å².